The van der Waals surface area contributed by atoms with Crippen LogP contribution in [0.15, 0.2) is 120 Å². The predicted molar refractivity (Wildman–Crippen MR) is 152 cm³/mol. The minimum Gasteiger partial charge on any atom is -0.268 e. The first kappa shape index (κ1) is 20.1. The van der Waals surface area contributed by atoms with Crippen molar-refractivity contribution in [3.63, 3.8) is 0 Å². The summed E-state index contributed by atoms with van der Waals surface area (Å²) in [5, 5.41) is 8.93. The number of fused-ring (bicyclic) bond motifs is 10. The molecule has 0 N–H and O–H groups in total. The number of hydrogen-bond acceptors (Lipinski definition) is 3. The van der Waals surface area contributed by atoms with Crippen molar-refractivity contribution in [2.24, 2.45) is 0 Å². The average molecular weight is 474 g/mol. The van der Waals surface area contributed by atoms with Crippen molar-refractivity contribution in [1.82, 2.24) is 14.4 Å². The van der Waals surface area contributed by atoms with E-state index < -0.39 is 0 Å². The maximum absolute atomic E-state index is 13.5. The minimum absolute atomic E-state index is 0.105. The van der Waals surface area contributed by atoms with Crippen LogP contribution in [0.4, 0.5) is 0 Å². The molecule has 8 aromatic rings. The molecule has 0 spiro atoms. The van der Waals surface area contributed by atoms with Crippen molar-refractivity contribution < 1.29 is 0 Å². The van der Waals surface area contributed by atoms with Gasteiger partial charge in [-0.15, -0.1) is 0 Å². The van der Waals surface area contributed by atoms with Crippen LogP contribution in [-0.2, 0) is 0 Å². The zero-order valence-corrected chi connectivity index (χ0v) is 19.7. The van der Waals surface area contributed by atoms with Crippen LogP contribution in [-0.4, -0.2) is 14.4 Å². The van der Waals surface area contributed by atoms with Crippen LogP contribution in [0.2, 0.25) is 0 Å². The van der Waals surface area contributed by atoms with Crippen molar-refractivity contribution in [1.29, 1.82) is 0 Å². The van der Waals surface area contributed by atoms with Gasteiger partial charge in [0.05, 0.1) is 16.4 Å². The van der Waals surface area contributed by atoms with E-state index in [0.29, 0.717) is 16.7 Å². The normalized spacial score (nSPS) is 11.9. The molecule has 0 unspecified atom stereocenters. The molecule has 37 heavy (non-hydrogen) atoms. The largest absolute Gasteiger partial charge is 0.268 e. The first-order chi connectivity index (χ1) is 18.3. The molecule has 8 rings (SSSR count). The van der Waals surface area contributed by atoms with Gasteiger partial charge in [0, 0.05) is 11.6 Å². The van der Waals surface area contributed by atoms with Crippen molar-refractivity contribution in [3.05, 3.63) is 126 Å². The van der Waals surface area contributed by atoms with Gasteiger partial charge in [-0.2, -0.15) is 0 Å². The van der Waals surface area contributed by atoms with Gasteiger partial charge in [0.15, 0.2) is 0 Å². The Morgan fingerprint density at radius 1 is 0.541 bits per heavy atom. The maximum atomic E-state index is 13.5. The molecular weight excluding hydrogens is 454 g/mol. The molecule has 0 saturated carbocycles. The lowest BCUT2D eigenvalue weighted by atomic mass is 9.91. The Kier molecular flexibility index (Phi) is 4.06. The molecule has 0 radical (unpaired) electrons. The molecular formula is C33H19N3O. The fraction of sp³-hybridized carbons (Fsp3) is 0. The Morgan fingerprint density at radius 2 is 1.16 bits per heavy atom. The third-order valence-electron chi connectivity index (χ3n) is 7.45. The van der Waals surface area contributed by atoms with E-state index in [0.717, 1.165) is 22.0 Å². The molecule has 0 fully saturated rings. The fourth-order valence-corrected chi connectivity index (χ4v) is 5.76. The molecule has 0 amide bonds. The summed E-state index contributed by atoms with van der Waals surface area (Å²) in [6, 6.07) is 37.3. The third kappa shape index (κ3) is 2.81. The maximum Gasteiger partial charge on any atom is 0.267 e. The van der Waals surface area contributed by atoms with E-state index in [9.17, 15) is 4.79 Å². The highest BCUT2D eigenvalue weighted by Gasteiger charge is 2.14. The van der Waals surface area contributed by atoms with E-state index in [2.05, 4.69) is 82.8 Å². The van der Waals surface area contributed by atoms with E-state index in [1.165, 1.54) is 32.3 Å². The van der Waals surface area contributed by atoms with Gasteiger partial charge < -0.3 is 0 Å². The van der Waals surface area contributed by atoms with Crippen LogP contribution in [0.1, 0.15) is 0 Å². The Morgan fingerprint density at radius 3 is 1.89 bits per heavy atom. The van der Waals surface area contributed by atoms with Crippen molar-refractivity contribution in [2.45, 2.75) is 0 Å². The van der Waals surface area contributed by atoms with E-state index >= 15 is 0 Å². The molecule has 0 saturated heterocycles. The lowest BCUT2D eigenvalue weighted by molar-refractivity contribution is 1.07. The van der Waals surface area contributed by atoms with Gasteiger partial charge in [0.25, 0.3) is 5.56 Å². The monoisotopic (exact) mass is 473 g/mol. The lowest BCUT2D eigenvalue weighted by Gasteiger charge is -2.13. The Labute approximate surface area is 211 Å². The zero-order valence-electron chi connectivity index (χ0n) is 19.7. The molecule has 0 aliphatic carbocycles. The SMILES string of the molecule is O=c1c2ccccc2nc2ncc3c(-c4ccc5c6ccccc6c6ccccc6c5c4)cccc3n12. The molecule has 2 heterocycles. The van der Waals surface area contributed by atoms with E-state index in [4.69, 9.17) is 0 Å². The van der Waals surface area contributed by atoms with Gasteiger partial charge in [-0.3, -0.25) is 4.79 Å². The van der Waals surface area contributed by atoms with Crippen LogP contribution >= 0.6 is 0 Å². The summed E-state index contributed by atoms with van der Waals surface area (Å²) in [6.45, 7) is 0. The van der Waals surface area contributed by atoms with Gasteiger partial charge in [0.2, 0.25) is 5.78 Å². The van der Waals surface area contributed by atoms with Crippen molar-refractivity contribution in [2.75, 3.05) is 0 Å². The summed E-state index contributed by atoms with van der Waals surface area (Å²) in [4.78, 5) is 22.7. The van der Waals surface area contributed by atoms with Crippen LogP contribution in [0.25, 0.3) is 71.0 Å². The smallest absolute Gasteiger partial charge is 0.267 e. The molecule has 2 aromatic heterocycles. The molecule has 6 aromatic carbocycles. The standard InChI is InChI=1S/C33H19N3O/c37-32-27-12-5-6-14-30(27)35-33-34-19-29-21(13-7-15-31(29)36(32)33)20-16-17-26-24-10-2-1-8-22(24)23-9-3-4-11-25(23)28(26)18-20/h1-19H. The molecule has 172 valence electrons. The van der Waals surface area contributed by atoms with Gasteiger partial charge in [0.1, 0.15) is 0 Å². The number of hydrogen-bond donors (Lipinski definition) is 0. The quantitative estimate of drug-likeness (QED) is 0.183. The number of aromatic nitrogens is 3. The summed E-state index contributed by atoms with van der Waals surface area (Å²) in [6.07, 6.45) is 1.84. The highest BCUT2D eigenvalue weighted by molar-refractivity contribution is 6.25. The van der Waals surface area contributed by atoms with Crippen molar-refractivity contribution in [3.8, 4) is 11.1 Å². The highest BCUT2D eigenvalue weighted by Crippen LogP contribution is 2.38. The van der Waals surface area contributed by atoms with Crippen LogP contribution in [0.5, 0.6) is 0 Å². The summed E-state index contributed by atoms with van der Waals surface area (Å²) < 4.78 is 1.63. The molecule has 4 nitrogen and oxygen atoms in total. The predicted octanol–water partition coefficient (Wildman–Crippen LogP) is 7.52. The van der Waals surface area contributed by atoms with Gasteiger partial charge in [-0.25, -0.2) is 14.4 Å². The molecule has 0 aliphatic heterocycles. The topological polar surface area (TPSA) is 47.3 Å². The van der Waals surface area contributed by atoms with E-state index in [1.807, 2.05) is 42.6 Å². The average Bonchev–Trinajstić information content (AvgIpc) is 2.96. The number of para-hydroxylation sites is 1. The Bertz CT molecular complexity index is 2250. The van der Waals surface area contributed by atoms with Gasteiger partial charge in [-0.1, -0.05) is 84.9 Å². The number of benzene rings is 6. The molecule has 0 bridgehead atoms. The fourth-order valence-electron chi connectivity index (χ4n) is 5.76. The lowest BCUT2D eigenvalue weighted by Crippen LogP contribution is -2.17. The Hall–Kier alpha value is -5.09. The van der Waals surface area contributed by atoms with Crippen LogP contribution < -0.4 is 5.56 Å². The first-order valence-electron chi connectivity index (χ1n) is 12.3. The van der Waals surface area contributed by atoms with Crippen LogP contribution in [0, 0.1) is 0 Å². The first-order valence-corrected chi connectivity index (χ1v) is 12.3. The second-order valence-corrected chi connectivity index (χ2v) is 9.42. The van der Waals surface area contributed by atoms with Gasteiger partial charge in [-0.05, 0) is 67.7 Å². The minimum atomic E-state index is -0.105. The van der Waals surface area contributed by atoms with Crippen LogP contribution in [0.3, 0.4) is 0 Å². The second-order valence-electron chi connectivity index (χ2n) is 9.42. The summed E-state index contributed by atoms with van der Waals surface area (Å²) in [5.41, 5.74) is 3.47. The molecule has 0 atom stereocenters. The zero-order chi connectivity index (χ0) is 24.5. The molecule has 0 aliphatic rings. The highest BCUT2D eigenvalue weighted by atomic mass is 16.1. The number of rotatable bonds is 1. The summed E-state index contributed by atoms with van der Waals surface area (Å²) in [7, 11) is 0. The van der Waals surface area contributed by atoms with E-state index in [-0.39, 0.29) is 5.56 Å². The summed E-state index contributed by atoms with van der Waals surface area (Å²) in [5.74, 6) is 0.407. The van der Waals surface area contributed by atoms with Crippen molar-refractivity contribution >= 4 is 59.9 Å². The Balaban J connectivity index is 1.46. The van der Waals surface area contributed by atoms with Gasteiger partial charge >= 0.3 is 0 Å². The number of nitrogens with zero attached hydrogens (tertiary/aromatic N) is 3. The van der Waals surface area contributed by atoms with E-state index in [1.54, 1.807) is 4.40 Å². The second kappa shape index (κ2) is 7.45. The molecule has 4 heteroatoms. The summed E-state index contributed by atoms with van der Waals surface area (Å²) >= 11 is 0. The third-order valence-corrected chi connectivity index (χ3v) is 7.45.